The maximum absolute atomic E-state index is 12.0. The van der Waals surface area contributed by atoms with Crippen LogP contribution >= 0.6 is 0 Å². The van der Waals surface area contributed by atoms with E-state index in [2.05, 4.69) is 16.7 Å². The average Bonchev–Trinajstić information content (AvgIpc) is 2.70. The van der Waals surface area contributed by atoms with Crippen molar-refractivity contribution in [3.8, 4) is 5.75 Å². The molecule has 2 amide bonds. The maximum Gasteiger partial charge on any atom is 0.251 e. The number of benzene rings is 2. The molecule has 1 heterocycles. The molecule has 0 radical (unpaired) electrons. The third kappa shape index (κ3) is 5.09. The standard InChI is InChI=1S/C21H24N2O3/c24-20(11-6-12-22-21(25)17-7-2-1-3-8-17)23-14-16-13-18-9-4-5-10-19(18)26-15-16/h1-5,7-10,16H,6,11-15H2,(H,22,25)(H,23,24). The molecule has 1 aliphatic heterocycles. The van der Waals surface area contributed by atoms with Crippen molar-refractivity contribution in [2.24, 2.45) is 5.92 Å². The number of carbonyl (C=O) groups is 2. The Morgan fingerprint density at radius 3 is 2.62 bits per heavy atom. The van der Waals surface area contributed by atoms with Crippen molar-refractivity contribution >= 4 is 11.8 Å². The van der Waals surface area contributed by atoms with Crippen molar-refractivity contribution < 1.29 is 14.3 Å². The summed E-state index contributed by atoms with van der Waals surface area (Å²) in [7, 11) is 0. The Morgan fingerprint density at radius 1 is 1.00 bits per heavy atom. The summed E-state index contributed by atoms with van der Waals surface area (Å²) in [5, 5.41) is 5.80. The molecule has 0 fully saturated rings. The van der Waals surface area contributed by atoms with Crippen molar-refractivity contribution in [2.75, 3.05) is 19.7 Å². The van der Waals surface area contributed by atoms with Crippen LogP contribution in [-0.4, -0.2) is 31.5 Å². The van der Waals surface area contributed by atoms with Gasteiger partial charge in [-0.15, -0.1) is 0 Å². The van der Waals surface area contributed by atoms with Crippen LogP contribution in [0.5, 0.6) is 5.75 Å². The zero-order valence-electron chi connectivity index (χ0n) is 14.7. The number of amides is 2. The van der Waals surface area contributed by atoms with Crippen LogP contribution in [0.2, 0.25) is 0 Å². The van der Waals surface area contributed by atoms with Crippen molar-refractivity contribution in [1.29, 1.82) is 0 Å². The molecule has 26 heavy (non-hydrogen) atoms. The van der Waals surface area contributed by atoms with Gasteiger partial charge in [-0.25, -0.2) is 0 Å². The van der Waals surface area contributed by atoms with Crippen molar-refractivity contribution in [2.45, 2.75) is 19.3 Å². The van der Waals surface area contributed by atoms with Crippen LogP contribution in [0.15, 0.2) is 54.6 Å². The average molecular weight is 352 g/mol. The Bertz CT molecular complexity index is 746. The molecule has 2 N–H and O–H groups in total. The summed E-state index contributed by atoms with van der Waals surface area (Å²) < 4.78 is 5.74. The highest BCUT2D eigenvalue weighted by molar-refractivity contribution is 5.94. The second-order valence-corrected chi connectivity index (χ2v) is 6.52. The smallest absolute Gasteiger partial charge is 0.251 e. The fourth-order valence-electron chi connectivity index (χ4n) is 3.01. The van der Waals surface area contributed by atoms with Crippen LogP contribution in [-0.2, 0) is 11.2 Å². The van der Waals surface area contributed by atoms with Gasteiger partial charge in [-0.3, -0.25) is 9.59 Å². The van der Waals surface area contributed by atoms with E-state index >= 15 is 0 Å². The lowest BCUT2D eigenvalue weighted by Crippen LogP contribution is -2.35. The normalized spacial score (nSPS) is 15.5. The number of hydrogen-bond donors (Lipinski definition) is 2. The van der Waals surface area contributed by atoms with Gasteiger partial charge in [-0.2, -0.15) is 0 Å². The second kappa shape index (κ2) is 9.04. The van der Waals surface area contributed by atoms with Crippen LogP contribution in [0.1, 0.15) is 28.8 Å². The van der Waals surface area contributed by atoms with Gasteiger partial charge in [0.25, 0.3) is 5.91 Å². The number of nitrogens with one attached hydrogen (secondary N) is 2. The number of ether oxygens (including phenoxy) is 1. The predicted molar refractivity (Wildman–Crippen MR) is 100 cm³/mol. The van der Waals surface area contributed by atoms with E-state index < -0.39 is 0 Å². The maximum atomic E-state index is 12.0. The summed E-state index contributed by atoms with van der Waals surface area (Å²) in [6.07, 6.45) is 1.94. The summed E-state index contributed by atoms with van der Waals surface area (Å²) >= 11 is 0. The zero-order chi connectivity index (χ0) is 18.2. The highest BCUT2D eigenvalue weighted by Crippen LogP contribution is 2.26. The minimum absolute atomic E-state index is 0.0119. The molecule has 5 heteroatoms. The van der Waals surface area contributed by atoms with Crippen molar-refractivity contribution in [3.05, 3.63) is 65.7 Å². The lowest BCUT2D eigenvalue weighted by atomic mass is 9.97. The van der Waals surface area contributed by atoms with E-state index in [9.17, 15) is 9.59 Å². The monoisotopic (exact) mass is 352 g/mol. The molecule has 2 aromatic rings. The topological polar surface area (TPSA) is 67.4 Å². The molecule has 1 aliphatic rings. The van der Waals surface area contributed by atoms with Gasteiger partial charge in [-0.1, -0.05) is 36.4 Å². The van der Waals surface area contributed by atoms with Crippen LogP contribution in [0.3, 0.4) is 0 Å². The van der Waals surface area contributed by atoms with E-state index in [4.69, 9.17) is 4.74 Å². The number of hydrogen-bond acceptors (Lipinski definition) is 3. The first-order valence-electron chi connectivity index (χ1n) is 9.03. The van der Waals surface area contributed by atoms with Gasteiger partial charge in [0.15, 0.2) is 0 Å². The SMILES string of the molecule is O=C(CCCNC(=O)c1ccccc1)NCC1COc2ccccc2C1. The molecule has 0 aliphatic carbocycles. The van der Waals surface area contributed by atoms with E-state index in [1.165, 1.54) is 5.56 Å². The summed E-state index contributed by atoms with van der Waals surface area (Å²) in [6.45, 7) is 1.73. The second-order valence-electron chi connectivity index (χ2n) is 6.52. The van der Waals surface area contributed by atoms with E-state index in [0.29, 0.717) is 44.0 Å². The summed E-state index contributed by atoms with van der Waals surface area (Å²) in [4.78, 5) is 23.9. The van der Waals surface area contributed by atoms with Gasteiger partial charge in [0.2, 0.25) is 5.91 Å². The lowest BCUT2D eigenvalue weighted by Gasteiger charge is -2.25. The third-order valence-corrected chi connectivity index (χ3v) is 4.45. The fraction of sp³-hybridized carbons (Fsp3) is 0.333. The Balaban J connectivity index is 1.31. The third-order valence-electron chi connectivity index (χ3n) is 4.45. The molecule has 5 nitrogen and oxygen atoms in total. The van der Waals surface area contributed by atoms with Gasteiger partial charge >= 0.3 is 0 Å². The van der Waals surface area contributed by atoms with E-state index in [0.717, 1.165) is 12.2 Å². The first-order valence-corrected chi connectivity index (χ1v) is 9.03. The van der Waals surface area contributed by atoms with Crippen LogP contribution in [0.25, 0.3) is 0 Å². The Labute approximate surface area is 153 Å². The molecule has 0 aromatic heterocycles. The molecule has 0 saturated carbocycles. The van der Waals surface area contributed by atoms with Gasteiger partial charge < -0.3 is 15.4 Å². The lowest BCUT2D eigenvalue weighted by molar-refractivity contribution is -0.121. The predicted octanol–water partition coefficient (Wildman–Crippen LogP) is 2.56. The highest BCUT2D eigenvalue weighted by Gasteiger charge is 2.19. The van der Waals surface area contributed by atoms with Crippen LogP contribution in [0.4, 0.5) is 0 Å². The van der Waals surface area contributed by atoms with Crippen molar-refractivity contribution in [3.63, 3.8) is 0 Å². The molecule has 0 bridgehead atoms. The molecule has 3 rings (SSSR count). The molecule has 1 atom stereocenters. The minimum atomic E-state index is -0.107. The molecular formula is C21H24N2O3. The Morgan fingerprint density at radius 2 is 1.77 bits per heavy atom. The number of fused-ring (bicyclic) bond motifs is 1. The minimum Gasteiger partial charge on any atom is -0.493 e. The Hall–Kier alpha value is -2.82. The molecule has 136 valence electrons. The van der Waals surface area contributed by atoms with E-state index in [1.54, 1.807) is 12.1 Å². The van der Waals surface area contributed by atoms with E-state index in [1.807, 2.05) is 36.4 Å². The first kappa shape index (κ1) is 18.0. The fourth-order valence-corrected chi connectivity index (χ4v) is 3.01. The van der Waals surface area contributed by atoms with Crippen molar-refractivity contribution in [1.82, 2.24) is 10.6 Å². The van der Waals surface area contributed by atoms with Crippen LogP contribution in [0, 0.1) is 5.92 Å². The van der Waals surface area contributed by atoms with Crippen LogP contribution < -0.4 is 15.4 Å². The van der Waals surface area contributed by atoms with Gasteiger partial charge in [0, 0.05) is 31.0 Å². The molecule has 2 aromatic carbocycles. The van der Waals surface area contributed by atoms with Gasteiger partial charge in [0.1, 0.15) is 5.75 Å². The quantitative estimate of drug-likeness (QED) is 0.753. The zero-order valence-corrected chi connectivity index (χ0v) is 14.7. The molecule has 0 spiro atoms. The number of para-hydroxylation sites is 1. The first-order chi connectivity index (χ1) is 12.7. The van der Waals surface area contributed by atoms with Gasteiger partial charge in [-0.05, 0) is 36.6 Å². The largest absolute Gasteiger partial charge is 0.493 e. The highest BCUT2D eigenvalue weighted by atomic mass is 16.5. The van der Waals surface area contributed by atoms with E-state index in [-0.39, 0.29) is 11.8 Å². The molecule has 0 saturated heterocycles. The Kier molecular flexibility index (Phi) is 6.25. The summed E-state index contributed by atoms with van der Waals surface area (Å²) in [6, 6.07) is 17.1. The van der Waals surface area contributed by atoms with Gasteiger partial charge in [0.05, 0.1) is 6.61 Å². The number of rotatable bonds is 7. The number of carbonyl (C=O) groups excluding carboxylic acids is 2. The molecular weight excluding hydrogens is 328 g/mol. The summed E-state index contributed by atoms with van der Waals surface area (Å²) in [5.74, 6) is 1.15. The molecule has 1 unspecified atom stereocenters. The summed E-state index contributed by atoms with van der Waals surface area (Å²) in [5.41, 5.74) is 1.83.